The average molecular weight is 327 g/mol. The van der Waals surface area contributed by atoms with Crippen LogP contribution in [0.5, 0.6) is 0 Å². The van der Waals surface area contributed by atoms with Gasteiger partial charge in [-0.05, 0) is 24.4 Å². The van der Waals surface area contributed by atoms with Crippen LogP contribution in [-0.4, -0.2) is 22.7 Å². The molecule has 0 bridgehead atoms. The highest BCUT2D eigenvalue weighted by Crippen LogP contribution is 2.25. The summed E-state index contributed by atoms with van der Waals surface area (Å²) in [6.45, 7) is 1.95. The minimum atomic E-state index is -0.933. The van der Waals surface area contributed by atoms with Gasteiger partial charge in [0, 0.05) is 15.2 Å². The minimum absolute atomic E-state index is 0.000144. The van der Waals surface area contributed by atoms with E-state index in [1.807, 2.05) is 24.4 Å². The zero-order chi connectivity index (χ0) is 14.5. The van der Waals surface area contributed by atoms with Gasteiger partial charge in [-0.3, -0.25) is 4.79 Å². The SMILES string of the molecule is CC(NC(=O)CSc1csc(C(=O)O)c1)c1cccs1. The number of nitrogens with one attached hydrogen (secondary N) is 1. The Morgan fingerprint density at radius 2 is 2.25 bits per heavy atom. The topological polar surface area (TPSA) is 66.4 Å². The molecule has 1 unspecified atom stereocenters. The van der Waals surface area contributed by atoms with Gasteiger partial charge in [-0.1, -0.05) is 6.07 Å². The smallest absolute Gasteiger partial charge is 0.345 e. The van der Waals surface area contributed by atoms with Crippen LogP contribution in [0.3, 0.4) is 0 Å². The van der Waals surface area contributed by atoms with Crippen LogP contribution in [0.25, 0.3) is 0 Å². The standard InChI is InChI=1S/C13H13NO3S3/c1-8(10-3-2-4-18-10)14-12(15)7-19-9-5-11(13(16)17)20-6-9/h2-6,8H,7H2,1H3,(H,14,15)(H,16,17). The summed E-state index contributed by atoms with van der Waals surface area (Å²) in [5.74, 6) is -0.706. The number of amides is 1. The van der Waals surface area contributed by atoms with E-state index in [0.717, 1.165) is 9.77 Å². The van der Waals surface area contributed by atoms with E-state index < -0.39 is 5.97 Å². The van der Waals surface area contributed by atoms with Gasteiger partial charge in [0.05, 0.1) is 11.8 Å². The summed E-state index contributed by atoms with van der Waals surface area (Å²) in [5, 5.41) is 15.5. The molecule has 2 aromatic rings. The van der Waals surface area contributed by atoms with Crippen molar-refractivity contribution in [1.82, 2.24) is 5.32 Å². The van der Waals surface area contributed by atoms with Crippen molar-refractivity contribution in [3.8, 4) is 0 Å². The molecular formula is C13H13NO3S3. The van der Waals surface area contributed by atoms with Gasteiger partial charge in [0.15, 0.2) is 0 Å². The van der Waals surface area contributed by atoms with E-state index in [1.165, 1.54) is 23.1 Å². The molecule has 0 aromatic carbocycles. The fourth-order valence-electron chi connectivity index (χ4n) is 1.55. The van der Waals surface area contributed by atoms with Crippen molar-refractivity contribution < 1.29 is 14.7 Å². The van der Waals surface area contributed by atoms with Crippen molar-refractivity contribution in [2.24, 2.45) is 0 Å². The number of carbonyl (C=O) groups excluding carboxylic acids is 1. The van der Waals surface area contributed by atoms with E-state index in [4.69, 9.17) is 5.11 Å². The summed E-state index contributed by atoms with van der Waals surface area (Å²) in [6, 6.07) is 5.53. The lowest BCUT2D eigenvalue weighted by Crippen LogP contribution is -2.27. The van der Waals surface area contributed by atoms with Gasteiger partial charge in [-0.15, -0.1) is 34.4 Å². The number of hydrogen-bond acceptors (Lipinski definition) is 5. The first-order valence-corrected chi connectivity index (χ1v) is 8.58. The van der Waals surface area contributed by atoms with Gasteiger partial charge >= 0.3 is 5.97 Å². The molecule has 2 rings (SSSR count). The summed E-state index contributed by atoms with van der Waals surface area (Å²) in [6.07, 6.45) is 0. The molecule has 2 heterocycles. The normalized spacial score (nSPS) is 12.1. The van der Waals surface area contributed by atoms with E-state index in [0.29, 0.717) is 4.88 Å². The highest BCUT2D eigenvalue weighted by Gasteiger charge is 2.12. The lowest BCUT2D eigenvalue weighted by Gasteiger charge is -2.11. The first-order chi connectivity index (χ1) is 9.56. The van der Waals surface area contributed by atoms with Gasteiger partial charge in [-0.2, -0.15) is 0 Å². The van der Waals surface area contributed by atoms with E-state index in [2.05, 4.69) is 5.32 Å². The van der Waals surface area contributed by atoms with Crippen LogP contribution in [0.4, 0.5) is 0 Å². The second kappa shape index (κ2) is 6.92. The number of thioether (sulfide) groups is 1. The highest BCUT2D eigenvalue weighted by atomic mass is 32.2. The number of hydrogen-bond donors (Lipinski definition) is 2. The van der Waals surface area contributed by atoms with Gasteiger partial charge in [0.2, 0.25) is 5.91 Å². The van der Waals surface area contributed by atoms with Gasteiger partial charge in [0.1, 0.15) is 4.88 Å². The lowest BCUT2D eigenvalue weighted by atomic mass is 10.3. The molecule has 1 amide bonds. The zero-order valence-electron chi connectivity index (χ0n) is 10.7. The molecule has 20 heavy (non-hydrogen) atoms. The summed E-state index contributed by atoms with van der Waals surface area (Å²) in [4.78, 5) is 24.8. The third kappa shape index (κ3) is 4.09. The van der Waals surface area contributed by atoms with Crippen molar-refractivity contribution in [2.75, 3.05) is 5.75 Å². The predicted molar refractivity (Wildman–Crippen MR) is 82.9 cm³/mol. The Kier molecular flexibility index (Phi) is 5.22. The van der Waals surface area contributed by atoms with E-state index in [1.54, 1.807) is 22.8 Å². The Morgan fingerprint density at radius 3 is 2.85 bits per heavy atom. The summed E-state index contributed by atoms with van der Waals surface area (Å²) in [7, 11) is 0. The van der Waals surface area contributed by atoms with Crippen LogP contribution in [-0.2, 0) is 4.79 Å². The molecule has 0 radical (unpaired) electrons. The summed E-state index contributed by atoms with van der Waals surface area (Å²) in [5.41, 5.74) is 0. The van der Waals surface area contributed by atoms with Gasteiger partial charge in [-0.25, -0.2) is 4.79 Å². The number of thiophene rings is 2. The van der Waals surface area contributed by atoms with E-state index in [9.17, 15) is 9.59 Å². The molecule has 0 saturated carbocycles. The Bertz CT molecular complexity index is 592. The van der Waals surface area contributed by atoms with Gasteiger partial charge < -0.3 is 10.4 Å². The minimum Gasteiger partial charge on any atom is -0.477 e. The predicted octanol–water partition coefficient (Wildman–Crippen LogP) is 3.48. The van der Waals surface area contributed by atoms with Crippen molar-refractivity contribution in [3.05, 3.63) is 38.7 Å². The average Bonchev–Trinajstić information content (AvgIpc) is 3.07. The Labute approximate surface area is 128 Å². The molecule has 0 aliphatic heterocycles. The second-order valence-electron chi connectivity index (χ2n) is 4.05. The van der Waals surface area contributed by atoms with Crippen LogP contribution < -0.4 is 5.32 Å². The van der Waals surface area contributed by atoms with Crippen molar-refractivity contribution >= 4 is 46.3 Å². The fraction of sp³-hybridized carbons (Fsp3) is 0.231. The van der Waals surface area contributed by atoms with Crippen LogP contribution >= 0.6 is 34.4 Å². The third-order valence-electron chi connectivity index (χ3n) is 2.50. The molecule has 7 heteroatoms. The summed E-state index contributed by atoms with van der Waals surface area (Å²) < 4.78 is 0. The molecule has 2 N–H and O–H groups in total. The number of carboxylic acids is 1. The highest BCUT2D eigenvalue weighted by molar-refractivity contribution is 8.00. The number of carboxylic acid groups (broad SMARTS) is 1. The zero-order valence-corrected chi connectivity index (χ0v) is 13.1. The Hall–Kier alpha value is -1.31. The van der Waals surface area contributed by atoms with Crippen molar-refractivity contribution in [3.63, 3.8) is 0 Å². The van der Waals surface area contributed by atoms with Crippen LogP contribution in [0, 0.1) is 0 Å². The molecule has 4 nitrogen and oxygen atoms in total. The Balaban J connectivity index is 1.81. The maximum absolute atomic E-state index is 11.8. The molecule has 2 aromatic heterocycles. The first-order valence-electron chi connectivity index (χ1n) is 5.83. The molecule has 0 fully saturated rings. The van der Waals surface area contributed by atoms with Crippen molar-refractivity contribution in [1.29, 1.82) is 0 Å². The van der Waals surface area contributed by atoms with Crippen LogP contribution in [0.2, 0.25) is 0 Å². The number of rotatable bonds is 6. The third-order valence-corrected chi connectivity index (χ3v) is 5.60. The number of carbonyl (C=O) groups is 2. The molecule has 0 spiro atoms. The number of aromatic carboxylic acids is 1. The second-order valence-corrected chi connectivity index (χ2v) is 6.98. The Morgan fingerprint density at radius 1 is 1.45 bits per heavy atom. The maximum atomic E-state index is 11.8. The molecule has 106 valence electrons. The van der Waals surface area contributed by atoms with E-state index >= 15 is 0 Å². The molecule has 0 saturated heterocycles. The molecule has 0 aliphatic rings. The lowest BCUT2D eigenvalue weighted by molar-refractivity contribution is -0.119. The summed E-state index contributed by atoms with van der Waals surface area (Å²) >= 11 is 4.12. The van der Waals surface area contributed by atoms with Crippen LogP contribution in [0.1, 0.15) is 27.5 Å². The van der Waals surface area contributed by atoms with Gasteiger partial charge in [0.25, 0.3) is 0 Å². The molecule has 0 aliphatic carbocycles. The molecule has 1 atom stereocenters. The largest absolute Gasteiger partial charge is 0.477 e. The fourth-order valence-corrected chi connectivity index (χ4v) is 3.96. The monoisotopic (exact) mass is 327 g/mol. The molecular weight excluding hydrogens is 314 g/mol. The quantitative estimate of drug-likeness (QED) is 0.797. The van der Waals surface area contributed by atoms with Crippen LogP contribution in [0.15, 0.2) is 33.9 Å². The van der Waals surface area contributed by atoms with E-state index in [-0.39, 0.29) is 17.7 Å². The first kappa shape index (κ1) is 15.1. The maximum Gasteiger partial charge on any atom is 0.345 e. The van der Waals surface area contributed by atoms with Crippen molar-refractivity contribution in [2.45, 2.75) is 17.9 Å².